The molecule has 1 fully saturated rings. The van der Waals surface area contributed by atoms with Gasteiger partial charge in [-0.25, -0.2) is 4.79 Å². The summed E-state index contributed by atoms with van der Waals surface area (Å²) in [6.07, 6.45) is -0.424. The third-order valence-electron chi connectivity index (χ3n) is 2.90. The lowest BCUT2D eigenvalue weighted by Crippen LogP contribution is -2.53. The molecule has 1 aromatic rings. The third kappa shape index (κ3) is 3.50. The summed E-state index contributed by atoms with van der Waals surface area (Å²) in [5, 5.41) is 1.97. The molecule has 20 heavy (non-hydrogen) atoms. The maximum absolute atomic E-state index is 12.2. The standard InChI is InChI=1S/C14H20N2O3S/c1-10-7-11(9-20-10)16-6-5-15(8-12(16)17)13(18)19-14(2,3)4/h7,9H,5-6,8H2,1-4H3. The molecule has 0 aliphatic carbocycles. The van der Waals surface area contributed by atoms with Gasteiger partial charge in [-0.15, -0.1) is 11.3 Å². The normalized spacial score (nSPS) is 16.5. The number of carbonyl (C=O) groups is 2. The van der Waals surface area contributed by atoms with Gasteiger partial charge in [0.2, 0.25) is 5.91 Å². The van der Waals surface area contributed by atoms with Gasteiger partial charge in [-0.3, -0.25) is 9.69 Å². The first-order valence-corrected chi connectivity index (χ1v) is 7.48. The van der Waals surface area contributed by atoms with Crippen molar-refractivity contribution in [2.24, 2.45) is 0 Å². The van der Waals surface area contributed by atoms with Crippen LogP contribution in [0.5, 0.6) is 0 Å². The van der Waals surface area contributed by atoms with Crippen molar-refractivity contribution in [1.29, 1.82) is 0 Å². The molecule has 0 N–H and O–H groups in total. The second-order valence-corrected chi connectivity index (χ2v) is 6.98. The summed E-state index contributed by atoms with van der Waals surface area (Å²) in [5.74, 6) is -0.0695. The number of nitrogens with zero attached hydrogens (tertiary/aromatic N) is 2. The smallest absolute Gasteiger partial charge is 0.410 e. The fourth-order valence-electron chi connectivity index (χ4n) is 2.00. The molecule has 110 valence electrons. The van der Waals surface area contributed by atoms with E-state index in [0.29, 0.717) is 13.1 Å². The number of aryl methyl sites for hydroxylation is 1. The summed E-state index contributed by atoms with van der Waals surface area (Å²) in [5.41, 5.74) is 0.378. The van der Waals surface area contributed by atoms with E-state index in [9.17, 15) is 9.59 Å². The molecule has 2 rings (SSSR count). The molecule has 0 atom stereocenters. The van der Waals surface area contributed by atoms with E-state index in [2.05, 4.69) is 0 Å². The molecule has 0 aromatic carbocycles. The van der Waals surface area contributed by atoms with Crippen LogP contribution < -0.4 is 4.90 Å². The molecule has 2 amide bonds. The van der Waals surface area contributed by atoms with Crippen molar-refractivity contribution < 1.29 is 14.3 Å². The number of hydrogen-bond donors (Lipinski definition) is 0. The van der Waals surface area contributed by atoms with E-state index in [1.54, 1.807) is 16.2 Å². The molecule has 1 saturated heterocycles. The Kier molecular flexibility index (Phi) is 4.04. The maximum atomic E-state index is 12.2. The summed E-state index contributed by atoms with van der Waals surface area (Å²) < 4.78 is 5.29. The topological polar surface area (TPSA) is 49.9 Å². The average molecular weight is 296 g/mol. The van der Waals surface area contributed by atoms with E-state index < -0.39 is 11.7 Å². The van der Waals surface area contributed by atoms with Gasteiger partial charge in [-0.05, 0) is 33.8 Å². The lowest BCUT2D eigenvalue weighted by Gasteiger charge is -2.34. The minimum absolute atomic E-state index is 0.0695. The first kappa shape index (κ1) is 14.8. The van der Waals surface area contributed by atoms with E-state index in [0.717, 1.165) is 5.69 Å². The van der Waals surface area contributed by atoms with Crippen LogP contribution >= 0.6 is 11.3 Å². The largest absolute Gasteiger partial charge is 0.444 e. The van der Waals surface area contributed by atoms with E-state index in [1.807, 2.05) is 39.1 Å². The molecule has 0 radical (unpaired) electrons. The Morgan fingerprint density at radius 1 is 1.35 bits per heavy atom. The summed E-state index contributed by atoms with van der Waals surface area (Å²) in [7, 11) is 0. The average Bonchev–Trinajstić information content (AvgIpc) is 2.73. The second-order valence-electron chi connectivity index (χ2n) is 5.86. The van der Waals surface area contributed by atoms with E-state index >= 15 is 0 Å². The van der Waals surface area contributed by atoms with Crippen molar-refractivity contribution in [2.75, 3.05) is 24.5 Å². The molecule has 0 bridgehead atoms. The van der Waals surface area contributed by atoms with Gasteiger partial charge in [0.25, 0.3) is 0 Å². The van der Waals surface area contributed by atoms with Gasteiger partial charge in [0.15, 0.2) is 0 Å². The molecule has 1 aliphatic rings. The molecule has 1 aliphatic heterocycles. The minimum Gasteiger partial charge on any atom is -0.444 e. The van der Waals surface area contributed by atoms with Gasteiger partial charge < -0.3 is 9.64 Å². The van der Waals surface area contributed by atoms with Crippen LogP contribution in [0.3, 0.4) is 0 Å². The van der Waals surface area contributed by atoms with Crippen LogP contribution in [0.15, 0.2) is 11.4 Å². The fraction of sp³-hybridized carbons (Fsp3) is 0.571. The summed E-state index contributed by atoms with van der Waals surface area (Å²) >= 11 is 1.62. The van der Waals surface area contributed by atoms with Crippen molar-refractivity contribution in [3.63, 3.8) is 0 Å². The van der Waals surface area contributed by atoms with Crippen molar-refractivity contribution in [1.82, 2.24) is 4.90 Å². The molecular weight excluding hydrogens is 276 g/mol. The minimum atomic E-state index is -0.540. The first-order chi connectivity index (χ1) is 9.26. The molecule has 0 saturated carbocycles. The van der Waals surface area contributed by atoms with Crippen LogP contribution in [0.2, 0.25) is 0 Å². The van der Waals surface area contributed by atoms with E-state index in [1.165, 1.54) is 9.78 Å². The lowest BCUT2D eigenvalue weighted by molar-refractivity contribution is -0.121. The maximum Gasteiger partial charge on any atom is 0.410 e. The SMILES string of the molecule is Cc1cc(N2CCN(C(=O)OC(C)(C)C)CC2=O)cs1. The lowest BCUT2D eigenvalue weighted by atomic mass is 10.2. The molecule has 1 aromatic heterocycles. The Morgan fingerprint density at radius 2 is 2.05 bits per heavy atom. The highest BCUT2D eigenvalue weighted by Gasteiger charge is 2.31. The number of hydrogen-bond acceptors (Lipinski definition) is 4. The van der Waals surface area contributed by atoms with Crippen molar-refractivity contribution >= 4 is 29.0 Å². The zero-order chi connectivity index (χ0) is 14.9. The van der Waals surface area contributed by atoms with Crippen LogP contribution in [0, 0.1) is 6.92 Å². The highest BCUT2D eigenvalue weighted by molar-refractivity contribution is 7.10. The van der Waals surface area contributed by atoms with Gasteiger partial charge in [0.1, 0.15) is 12.1 Å². The van der Waals surface area contributed by atoms with Crippen LogP contribution in [0.25, 0.3) is 0 Å². The zero-order valence-electron chi connectivity index (χ0n) is 12.3. The van der Waals surface area contributed by atoms with Crippen LogP contribution in [-0.2, 0) is 9.53 Å². The number of rotatable bonds is 1. The van der Waals surface area contributed by atoms with Gasteiger partial charge in [0, 0.05) is 23.3 Å². The Bertz CT molecular complexity index is 519. The third-order valence-corrected chi connectivity index (χ3v) is 3.75. The monoisotopic (exact) mass is 296 g/mol. The highest BCUT2D eigenvalue weighted by Crippen LogP contribution is 2.24. The number of carbonyl (C=O) groups excluding carboxylic acids is 2. The quantitative estimate of drug-likeness (QED) is 0.800. The summed E-state index contributed by atoms with van der Waals surface area (Å²) in [6.45, 7) is 8.54. The van der Waals surface area contributed by atoms with E-state index in [-0.39, 0.29) is 12.5 Å². The van der Waals surface area contributed by atoms with Crippen LogP contribution in [-0.4, -0.2) is 42.1 Å². The fourth-order valence-corrected chi connectivity index (χ4v) is 2.69. The van der Waals surface area contributed by atoms with Crippen molar-refractivity contribution in [2.45, 2.75) is 33.3 Å². The van der Waals surface area contributed by atoms with Crippen molar-refractivity contribution in [3.05, 3.63) is 16.3 Å². The first-order valence-electron chi connectivity index (χ1n) is 6.60. The predicted molar refractivity (Wildman–Crippen MR) is 79.2 cm³/mol. The Balaban J connectivity index is 1.99. The molecule has 0 spiro atoms. The number of amides is 2. The summed E-state index contributed by atoms with van der Waals surface area (Å²) in [6, 6.07) is 1.99. The Labute approximate surface area is 123 Å². The second kappa shape index (κ2) is 5.44. The number of thiophene rings is 1. The van der Waals surface area contributed by atoms with Gasteiger partial charge in [0.05, 0.1) is 5.69 Å². The molecule has 0 unspecified atom stereocenters. The number of anilines is 1. The number of piperazine rings is 1. The highest BCUT2D eigenvalue weighted by atomic mass is 32.1. The number of ether oxygens (including phenoxy) is 1. The van der Waals surface area contributed by atoms with Crippen molar-refractivity contribution in [3.8, 4) is 0 Å². The van der Waals surface area contributed by atoms with E-state index in [4.69, 9.17) is 4.74 Å². The van der Waals surface area contributed by atoms with Gasteiger partial charge in [-0.2, -0.15) is 0 Å². The molecule has 5 nitrogen and oxygen atoms in total. The van der Waals surface area contributed by atoms with Gasteiger partial charge in [-0.1, -0.05) is 0 Å². The van der Waals surface area contributed by atoms with Crippen LogP contribution in [0.4, 0.5) is 10.5 Å². The Hall–Kier alpha value is -1.56. The Morgan fingerprint density at radius 3 is 2.55 bits per heavy atom. The molecule has 6 heteroatoms. The molecular formula is C14H20N2O3S. The molecule has 2 heterocycles. The zero-order valence-corrected chi connectivity index (χ0v) is 13.1. The predicted octanol–water partition coefficient (Wildman–Crippen LogP) is 2.64. The summed E-state index contributed by atoms with van der Waals surface area (Å²) in [4.78, 5) is 28.5. The van der Waals surface area contributed by atoms with Crippen LogP contribution in [0.1, 0.15) is 25.6 Å². The van der Waals surface area contributed by atoms with Gasteiger partial charge >= 0.3 is 6.09 Å².